The molecule has 6 nitrogen and oxygen atoms in total. The molecule has 0 aliphatic carbocycles. The molecule has 4 rings (SSSR count). The fourth-order valence-corrected chi connectivity index (χ4v) is 4.37. The van der Waals surface area contributed by atoms with Gasteiger partial charge in [-0.3, -0.25) is 4.90 Å². The van der Waals surface area contributed by atoms with Crippen molar-refractivity contribution < 1.29 is 14.3 Å². The molecule has 3 aromatic rings. The number of carbonyl (C=O) groups excluding carboxylic acids is 1. The third-order valence-corrected chi connectivity index (χ3v) is 6.10. The van der Waals surface area contributed by atoms with E-state index in [-0.39, 0.29) is 18.1 Å². The van der Waals surface area contributed by atoms with E-state index in [1.54, 1.807) is 18.3 Å². The maximum atomic E-state index is 12.6. The van der Waals surface area contributed by atoms with Gasteiger partial charge in [0.25, 0.3) is 0 Å². The van der Waals surface area contributed by atoms with Crippen LogP contribution in [-0.2, 0) is 11.3 Å². The molecule has 34 heavy (non-hydrogen) atoms. The molecule has 0 bridgehead atoms. The molecule has 1 fully saturated rings. The van der Waals surface area contributed by atoms with E-state index in [9.17, 15) is 4.79 Å². The summed E-state index contributed by atoms with van der Waals surface area (Å²) in [5, 5.41) is 0.645. The molecular weight excluding hydrogens is 450 g/mol. The number of pyridine rings is 1. The van der Waals surface area contributed by atoms with Crippen molar-refractivity contribution in [3.63, 3.8) is 0 Å². The van der Waals surface area contributed by atoms with Crippen LogP contribution in [0.3, 0.4) is 0 Å². The number of anilines is 1. The average Bonchev–Trinajstić information content (AvgIpc) is 3.28. The highest BCUT2D eigenvalue weighted by molar-refractivity contribution is 6.30. The van der Waals surface area contributed by atoms with Crippen molar-refractivity contribution in [3.05, 3.63) is 83.0 Å². The van der Waals surface area contributed by atoms with Crippen LogP contribution < -0.4 is 9.64 Å². The van der Waals surface area contributed by atoms with Crippen molar-refractivity contribution in [2.45, 2.75) is 39.0 Å². The summed E-state index contributed by atoms with van der Waals surface area (Å²) >= 11 is 6.11. The van der Waals surface area contributed by atoms with Gasteiger partial charge in [-0.05, 0) is 56.7 Å². The van der Waals surface area contributed by atoms with Gasteiger partial charge < -0.3 is 14.4 Å². The van der Waals surface area contributed by atoms with Gasteiger partial charge in [0.1, 0.15) is 22.9 Å². The number of hydrogen-bond acceptors (Lipinski definition) is 6. The number of aromatic nitrogens is 1. The number of para-hydroxylation sites is 1. The Kier molecular flexibility index (Phi) is 7.70. The fraction of sp³-hybridized carbons (Fsp3) is 0.333. The van der Waals surface area contributed by atoms with Crippen LogP contribution in [0.1, 0.15) is 36.2 Å². The van der Waals surface area contributed by atoms with Gasteiger partial charge in [-0.25, -0.2) is 9.78 Å². The molecule has 2 aromatic carbocycles. The molecule has 0 amide bonds. The molecule has 0 spiro atoms. The lowest BCUT2D eigenvalue weighted by molar-refractivity contribution is 0.0378. The first kappa shape index (κ1) is 24.0. The Bertz CT molecular complexity index is 1140. The summed E-state index contributed by atoms with van der Waals surface area (Å²) in [4.78, 5) is 21.6. The van der Waals surface area contributed by atoms with Gasteiger partial charge in [-0.2, -0.15) is 0 Å². The minimum atomic E-state index is -0.341. The van der Waals surface area contributed by atoms with E-state index in [4.69, 9.17) is 21.1 Å². The monoisotopic (exact) mass is 479 g/mol. The van der Waals surface area contributed by atoms with Crippen LogP contribution in [0.15, 0.2) is 66.9 Å². The van der Waals surface area contributed by atoms with E-state index in [1.165, 1.54) is 0 Å². The highest BCUT2D eigenvalue weighted by Crippen LogP contribution is 2.30. The van der Waals surface area contributed by atoms with Crippen LogP contribution >= 0.6 is 11.6 Å². The van der Waals surface area contributed by atoms with Crippen molar-refractivity contribution in [2.24, 2.45) is 0 Å². The summed E-state index contributed by atoms with van der Waals surface area (Å²) in [6.07, 6.45) is 2.51. The SMILES string of the molecule is CC(C)OC(=O)c1cccnc1N(C)C1CCN(Cc2ccccc2Oc2cccc(Cl)c2)C1. The predicted octanol–water partition coefficient (Wildman–Crippen LogP) is 5.80. The van der Waals surface area contributed by atoms with Crippen molar-refractivity contribution in [1.29, 1.82) is 0 Å². The summed E-state index contributed by atoms with van der Waals surface area (Å²) in [6.45, 7) is 6.27. The number of esters is 1. The van der Waals surface area contributed by atoms with E-state index >= 15 is 0 Å². The largest absolute Gasteiger partial charge is 0.459 e. The number of likely N-dealkylation sites (tertiary alicyclic amines) is 1. The Balaban J connectivity index is 1.44. The normalized spacial score (nSPS) is 16.0. The van der Waals surface area contributed by atoms with Crippen molar-refractivity contribution in [3.8, 4) is 11.5 Å². The Morgan fingerprint density at radius 2 is 2.00 bits per heavy atom. The van der Waals surface area contributed by atoms with Gasteiger partial charge in [-0.15, -0.1) is 0 Å². The minimum Gasteiger partial charge on any atom is -0.459 e. The number of rotatable bonds is 8. The van der Waals surface area contributed by atoms with Crippen molar-refractivity contribution >= 4 is 23.4 Å². The number of halogens is 1. The zero-order valence-corrected chi connectivity index (χ0v) is 20.5. The van der Waals surface area contributed by atoms with Gasteiger partial charge in [0.05, 0.1) is 6.10 Å². The molecule has 1 aromatic heterocycles. The molecule has 0 saturated carbocycles. The first-order chi connectivity index (χ1) is 16.4. The Hall–Kier alpha value is -3.09. The third-order valence-electron chi connectivity index (χ3n) is 5.87. The molecule has 1 unspecified atom stereocenters. The van der Waals surface area contributed by atoms with E-state index in [2.05, 4.69) is 20.9 Å². The number of hydrogen-bond donors (Lipinski definition) is 0. The van der Waals surface area contributed by atoms with E-state index in [0.29, 0.717) is 16.4 Å². The van der Waals surface area contributed by atoms with Crippen LogP contribution in [0.5, 0.6) is 11.5 Å². The highest BCUT2D eigenvalue weighted by Gasteiger charge is 2.29. The van der Waals surface area contributed by atoms with Gasteiger partial charge in [-0.1, -0.05) is 35.9 Å². The smallest absolute Gasteiger partial charge is 0.342 e. The lowest BCUT2D eigenvalue weighted by Gasteiger charge is -2.27. The average molecular weight is 480 g/mol. The van der Waals surface area contributed by atoms with Crippen molar-refractivity contribution in [1.82, 2.24) is 9.88 Å². The summed E-state index contributed by atoms with van der Waals surface area (Å²) in [5.74, 6) is 1.86. The lowest BCUT2D eigenvalue weighted by atomic mass is 10.2. The molecule has 2 heterocycles. The van der Waals surface area contributed by atoms with Gasteiger partial charge >= 0.3 is 5.97 Å². The molecule has 0 radical (unpaired) electrons. The molecule has 1 saturated heterocycles. The summed E-state index contributed by atoms with van der Waals surface area (Å²) < 4.78 is 11.6. The van der Waals surface area contributed by atoms with Crippen LogP contribution in [-0.4, -0.2) is 48.1 Å². The molecule has 1 atom stereocenters. The molecule has 1 aliphatic heterocycles. The van der Waals surface area contributed by atoms with Gasteiger partial charge in [0.2, 0.25) is 0 Å². The van der Waals surface area contributed by atoms with Gasteiger partial charge in [0.15, 0.2) is 0 Å². The molecule has 178 valence electrons. The quantitative estimate of drug-likeness (QED) is 0.380. The Labute approximate surface area is 206 Å². The van der Waals surface area contributed by atoms with E-state index in [0.717, 1.165) is 43.1 Å². The maximum absolute atomic E-state index is 12.6. The fourth-order valence-electron chi connectivity index (χ4n) is 4.19. The minimum absolute atomic E-state index is 0.179. The highest BCUT2D eigenvalue weighted by atomic mass is 35.5. The number of carbonyl (C=O) groups is 1. The zero-order valence-electron chi connectivity index (χ0n) is 19.8. The molecule has 1 aliphatic rings. The first-order valence-corrected chi connectivity index (χ1v) is 11.9. The molecule has 7 heteroatoms. The first-order valence-electron chi connectivity index (χ1n) is 11.5. The Morgan fingerprint density at radius 3 is 2.79 bits per heavy atom. The number of nitrogens with zero attached hydrogens (tertiary/aromatic N) is 3. The van der Waals surface area contributed by atoms with Gasteiger partial charge in [0, 0.05) is 49.5 Å². The van der Waals surface area contributed by atoms with E-state index in [1.807, 2.05) is 63.4 Å². The van der Waals surface area contributed by atoms with Crippen molar-refractivity contribution in [2.75, 3.05) is 25.0 Å². The number of likely N-dealkylation sites (N-methyl/N-ethyl adjacent to an activating group) is 1. The number of ether oxygens (including phenoxy) is 2. The zero-order chi connectivity index (χ0) is 24.1. The van der Waals surface area contributed by atoms with E-state index < -0.39 is 0 Å². The third kappa shape index (κ3) is 5.88. The predicted molar refractivity (Wildman–Crippen MR) is 135 cm³/mol. The van der Waals surface area contributed by atoms with Crippen LogP contribution in [0.4, 0.5) is 5.82 Å². The summed E-state index contributed by atoms with van der Waals surface area (Å²) in [5.41, 5.74) is 1.61. The van der Waals surface area contributed by atoms with Crippen LogP contribution in [0.2, 0.25) is 5.02 Å². The maximum Gasteiger partial charge on any atom is 0.342 e. The van der Waals surface area contributed by atoms with Crippen LogP contribution in [0.25, 0.3) is 0 Å². The molecule has 0 N–H and O–H groups in total. The summed E-state index contributed by atoms with van der Waals surface area (Å²) in [6, 6.07) is 19.3. The second kappa shape index (κ2) is 10.9. The van der Waals surface area contributed by atoms with Crippen LogP contribution in [0, 0.1) is 0 Å². The summed E-state index contributed by atoms with van der Waals surface area (Å²) in [7, 11) is 2.00. The molecular formula is C27H30ClN3O3. The number of benzene rings is 2. The standard InChI is InChI=1S/C27H30ClN3O3/c1-19(2)33-27(32)24-11-7-14-29-26(24)30(3)22-13-15-31(18-22)17-20-8-4-5-12-25(20)34-23-10-6-9-21(28)16-23/h4-12,14,16,19,22H,13,15,17-18H2,1-3H3. The lowest BCUT2D eigenvalue weighted by Crippen LogP contribution is -2.36. The topological polar surface area (TPSA) is 54.9 Å². The second-order valence-corrected chi connectivity index (χ2v) is 9.22. The Morgan fingerprint density at radius 1 is 1.18 bits per heavy atom. The second-order valence-electron chi connectivity index (χ2n) is 8.78.